The number of Topliss-reactive ketones (excluding diaryl/α,β-unsaturated/α-hetero) is 1. The number of carbonyl (C=O) groups is 2. The predicted octanol–water partition coefficient (Wildman–Crippen LogP) is 3.16. The molecule has 1 saturated carbocycles. The highest BCUT2D eigenvalue weighted by molar-refractivity contribution is 6.00. The maximum atomic E-state index is 12.4. The van der Waals surface area contributed by atoms with Gasteiger partial charge in [0.15, 0.2) is 5.78 Å². The van der Waals surface area contributed by atoms with E-state index in [0.717, 1.165) is 32.1 Å². The summed E-state index contributed by atoms with van der Waals surface area (Å²) in [6, 6.07) is 6.23. The van der Waals surface area contributed by atoms with Gasteiger partial charge in [-0.1, -0.05) is 31.4 Å². The first-order valence-electron chi connectivity index (χ1n) is 7.58. The van der Waals surface area contributed by atoms with Gasteiger partial charge in [-0.05, 0) is 25.0 Å². The fourth-order valence-electron chi connectivity index (χ4n) is 2.77. The van der Waals surface area contributed by atoms with Crippen molar-refractivity contribution in [1.82, 2.24) is 0 Å². The first-order chi connectivity index (χ1) is 10.8. The van der Waals surface area contributed by atoms with Gasteiger partial charge in [-0.15, -0.1) is 0 Å². The molecule has 1 aliphatic rings. The number of carbonyl (C=O) groups excluding carboxylic acids is 2. The van der Waals surface area contributed by atoms with Crippen molar-refractivity contribution in [2.24, 2.45) is 5.92 Å². The molecular weight excluding hydrogens is 307 g/mol. The fourth-order valence-corrected chi connectivity index (χ4v) is 2.77. The molecule has 0 atom stereocenters. The average molecular weight is 326 g/mol. The van der Waals surface area contributed by atoms with Crippen LogP contribution in [0.2, 0.25) is 0 Å². The lowest BCUT2D eigenvalue weighted by atomic mass is 9.84. The lowest BCUT2D eigenvalue weighted by molar-refractivity contribution is -0.244. The molecule has 1 aromatic rings. The molecule has 0 aliphatic heterocycles. The molecule has 0 heterocycles. The fraction of sp³-hybridized carbons (Fsp3) is 0.412. The Bertz CT molecular complexity index is 612. The van der Waals surface area contributed by atoms with Crippen molar-refractivity contribution in [2.75, 3.05) is 0 Å². The van der Waals surface area contributed by atoms with E-state index in [1.54, 1.807) is 12.1 Å². The van der Waals surface area contributed by atoms with E-state index in [2.05, 4.69) is 5.73 Å². The van der Waals surface area contributed by atoms with Crippen LogP contribution in [0.4, 0.5) is 13.2 Å². The molecule has 23 heavy (non-hydrogen) atoms. The first-order valence-corrected chi connectivity index (χ1v) is 7.58. The molecule has 6 heteroatoms. The van der Waals surface area contributed by atoms with Crippen LogP contribution in [0.25, 0.3) is 5.70 Å². The van der Waals surface area contributed by atoms with E-state index in [1.807, 2.05) is 0 Å². The van der Waals surface area contributed by atoms with Crippen molar-refractivity contribution in [3.8, 4) is 0 Å². The maximum Gasteiger partial charge on any atom is 0.454 e. The zero-order valence-corrected chi connectivity index (χ0v) is 12.7. The van der Waals surface area contributed by atoms with Crippen LogP contribution in [0.5, 0.6) is 0 Å². The van der Waals surface area contributed by atoms with Crippen molar-refractivity contribution < 1.29 is 28.5 Å². The highest BCUT2D eigenvalue weighted by atomic mass is 19.4. The zero-order valence-electron chi connectivity index (χ0n) is 12.7. The van der Waals surface area contributed by atoms with Crippen LogP contribution in [-0.2, 0) is 4.79 Å². The van der Waals surface area contributed by atoms with Gasteiger partial charge < -0.3 is 5.73 Å². The van der Waals surface area contributed by atoms with Gasteiger partial charge >= 0.3 is 6.18 Å². The van der Waals surface area contributed by atoms with Gasteiger partial charge in [-0.3, -0.25) is 9.59 Å². The van der Waals surface area contributed by atoms with Crippen molar-refractivity contribution in [2.45, 2.75) is 38.3 Å². The Balaban J connectivity index is 2.11. The molecular formula is C17H19F3NO2+. The molecule has 124 valence electrons. The summed E-state index contributed by atoms with van der Waals surface area (Å²) >= 11 is 0. The molecule has 0 radical (unpaired) electrons. The molecule has 2 rings (SSSR count). The van der Waals surface area contributed by atoms with Crippen molar-refractivity contribution >= 4 is 17.3 Å². The van der Waals surface area contributed by atoms with E-state index >= 15 is 0 Å². The molecule has 1 fully saturated rings. The molecule has 0 bridgehead atoms. The van der Waals surface area contributed by atoms with Gasteiger partial charge in [-0.2, -0.15) is 13.2 Å². The highest BCUT2D eigenvalue weighted by Gasteiger charge is 2.37. The summed E-state index contributed by atoms with van der Waals surface area (Å²) in [5, 5.41) is 0. The van der Waals surface area contributed by atoms with Crippen LogP contribution >= 0.6 is 0 Å². The van der Waals surface area contributed by atoms with Gasteiger partial charge in [0.05, 0.1) is 6.08 Å². The van der Waals surface area contributed by atoms with E-state index in [4.69, 9.17) is 0 Å². The summed E-state index contributed by atoms with van der Waals surface area (Å²) in [5.41, 5.74) is 4.40. The molecule has 3 nitrogen and oxygen atoms in total. The molecule has 0 spiro atoms. The van der Waals surface area contributed by atoms with Gasteiger partial charge in [0.2, 0.25) is 0 Å². The van der Waals surface area contributed by atoms with E-state index in [-0.39, 0.29) is 17.4 Å². The largest absolute Gasteiger partial charge is 0.454 e. The van der Waals surface area contributed by atoms with Crippen molar-refractivity contribution in [3.05, 3.63) is 41.5 Å². The number of allylic oxidation sites excluding steroid dienone is 1. The number of alkyl halides is 3. The van der Waals surface area contributed by atoms with E-state index < -0.39 is 12.0 Å². The van der Waals surface area contributed by atoms with Gasteiger partial charge in [-0.25, -0.2) is 0 Å². The Morgan fingerprint density at radius 2 is 1.52 bits per heavy atom. The lowest BCUT2D eigenvalue weighted by Gasteiger charge is -2.20. The molecule has 1 aliphatic carbocycles. The summed E-state index contributed by atoms with van der Waals surface area (Å²) in [5.74, 6) is -1.82. The first kappa shape index (κ1) is 17.4. The summed E-state index contributed by atoms with van der Waals surface area (Å²) in [6.45, 7) is 0. The second-order valence-corrected chi connectivity index (χ2v) is 5.81. The molecule has 0 aromatic heterocycles. The van der Waals surface area contributed by atoms with Crippen LogP contribution in [-0.4, -0.2) is 17.7 Å². The molecule has 1 aromatic carbocycles. The summed E-state index contributed by atoms with van der Waals surface area (Å²) < 4.78 is 36.7. The highest BCUT2D eigenvalue weighted by Crippen LogP contribution is 2.27. The maximum absolute atomic E-state index is 12.4. The number of ketones is 2. The number of rotatable bonds is 4. The molecule has 0 unspecified atom stereocenters. The molecule has 0 amide bonds. The third-order valence-corrected chi connectivity index (χ3v) is 4.10. The zero-order chi connectivity index (χ0) is 17.0. The van der Waals surface area contributed by atoms with E-state index in [9.17, 15) is 22.8 Å². The number of hydrogen-bond donors (Lipinski definition) is 1. The Hall–Kier alpha value is -1.95. The van der Waals surface area contributed by atoms with E-state index in [0.29, 0.717) is 17.2 Å². The van der Waals surface area contributed by atoms with E-state index in [1.165, 1.54) is 12.1 Å². The normalized spacial score (nSPS) is 17.1. The Morgan fingerprint density at radius 3 is 2.04 bits per heavy atom. The average Bonchev–Trinajstić information content (AvgIpc) is 2.54. The lowest BCUT2D eigenvalue weighted by Crippen LogP contribution is -2.46. The minimum Gasteiger partial charge on any atom is -0.325 e. The van der Waals surface area contributed by atoms with Crippen LogP contribution in [0.3, 0.4) is 0 Å². The van der Waals surface area contributed by atoms with Crippen molar-refractivity contribution in [3.63, 3.8) is 0 Å². The smallest absolute Gasteiger partial charge is 0.325 e. The Kier molecular flexibility index (Phi) is 5.36. The predicted molar refractivity (Wildman–Crippen MR) is 79.3 cm³/mol. The summed E-state index contributed by atoms with van der Waals surface area (Å²) in [4.78, 5) is 23.3. The number of halogens is 3. The number of benzene rings is 1. The summed E-state index contributed by atoms with van der Waals surface area (Å²) in [6.07, 6.45) is 0.616. The Labute approximate surface area is 132 Å². The monoisotopic (exact) mass is 326 g/mol. The second kappa shape index (κ2) is 7.08. The Morgan fingerprint density at radius 1 is 1.00 bits per heavy atom. The third-order valence-electron chi connectivity index (χ3n) is 4.10. The van der Waals surface area contributed by atoms with Crippen LogP contribution in [0.15, 0.2) is 30.3 Å². The minimum atomic E-state index is -4.90. The SMILES string of the molecule is [NH3+]C(=CC(=O)C(F)(F)F)c1ccc(C(=O)C2CCCCC2)cc1. The molecule has 3 N–H and O–H groups in total. The summed E-state index contributed by atoms with van der Waals surface area (Å²) in [7, 11) is 0. The van der Waals surface area contributed by atoms with Gasteiger partial charge in [0.25, 0.3) is 5.78 Å². The van der Waals surface area contributed by atoms with Crippen LogP contribution in [0, 0.1) is 5.92 Å². The number of hydrogen-bond acceptors (Lipinski definition) is 2. The molecule has 0 saturated heterocycles. The topological polar surface area (TPSA) is 61.8 Å². The quantitative estimate of drug-likeness (QED) is 0.682. The second-order valence-electron chi connectivity index (χ2n) is 5.81. The minimum absolute atomic E-state index is 0.0241. The number of quaternary nitrogens is 1. The third kappa shape index (κ3) is 4.51. The van der Waals surface area contributed by atoms with Gasteiger partial charge in [0.1, 0.15) is 5.70 Å². The van der Waals surface area contributed by atoms with Gasteiger partial charge in [0, 0.05) is 17.0 Å². The van der Waals surface area contributed by atoms with Crippen LogP contribution < -0.4 is 5.73 Å². The van der Waals surface area contributed by atoms with Crippen molar-refractivity contribution in [1.29, 1.82) is 0 Å². The van der Waals surface area contributed by atoms with Crippen LogP contribution in [0.1, 0.15) is 48.0 Å². The standard InChI is InChI=1S/C17H18F3NO2/c18-17(19,20)15(22)10-14(21)11-6-8-13(9-7-11)16(23)12-4-2-1-3-5-12/h6-10,12H,1-5,21H2/p+1.